The molecule has 0 aliphatic carbocycles. The summed E-state index contributed by atoms with van der Waals surface area (Å²) in [5, 5.41) is 15.2. The monoisotopic (exact) mass is 290 g/mol. The van der Waals surface area contributed by atoms with E-state index in [0.29, 0.717) is 25.9 Å². The van der Waals surface area contributed by atoms with Gasteiger partial charge in [-0.1, -0.05) is 30.3 Å². The summed E-state index contributed by atoms with van der Waals surface area (Å²) in [5.74, 6) is -0.552. The van der Waals surface area contributed by atoms with E-state index < -0.39 is 11.5 Å². The van der Waals surface area contributed by atoms with Crippen molar-refractivity contribution in [1.29, 1.82) is 0 Å². The molecule has 0 aromatic heterocycles. The van der Waals surface area contributed by atoms with Crippen LogP contribution in [-0.4, -0.2) is 34.9 Å². The lowest BCUT2D eigenvalue weighted by molar-refractivity contribution is -0.146. The summed E-state index contributed by atoms with van der Waals surface area (Å²) in [4.78, 5) is 15.7. The van der Waals surface area contributed by atoms with E-state index in [1.807, 2.05) is 30.3 Å². The molecule has 1 fully saturated rings. The summed E-state index contributed by atoms with van der Waals surface area (Å²) in [6, 6.07) is 9.72. The van der Waals surface area contributed by atoms with Crippen molar-refractivity contribution in [2.24, 2.45) is 10.9 Å². The predicted molar refractivity (Wildman–Crippen MR) is 81.1 cm³/mol. The van der Waals surface area contributed by atoms with Gasteiger partial charge in [-0.15, -0.1) is 0 Å². The highest BCUT2D eigenvalue weighted by Gasteiger charge is 2.42. The van der Waals surface area contributed by atoms with Crippen molar-refractivity contribution in [3.05, 3.63) is 35.9 Å². The Morgan fingerprint density at radius 2 is 2.25 bits per heavy atom. The fourth-order valence-electron chi connectivity index (χ4n) is 2.82. The molecule has 20 heavy (non-hydrogen) atoms. The summed E-state index contributed by atoms with van der Waals surface area (Å²) < 4.78 is 0. The SMILES string of the molecule is O=C(O)C1(Cc2ccccc2)CC(CN=C=S)CCN1. The maximum Gasteiger partial charge on any atom is 0.324 e. The molecule has 0 saturated carbocycles. The normalized spacial score (nSPS) is 25.7. The van der Waals surface area contributed by atoms with Crippen LogP contribution >= 0.6 is 12.2 Å². The van der Waals surface area contributed by atoms with E-state index in [4.69, 9.17) is 0 Å². The van der Waals surface area contributed by atoms with Crippen LogP contribution in [0.1, 0.15) is 18.4 Å². The predicted octanol–water partition coefficient (Wildman–Crippen LogP) is 2.15. The van der Waals surface area contributed by atoms with E-state index in [0.717, 1.165) is 12.0 Å². The van der Waals surface area contributed by atoms with E-state index >= 15 is 0 Å². The number of rotatable bonds is 5. The number of piperidine rings is 1. The Bertz CT molecular complexity index is 514. The van der Waals surface area contributed by atoms with Crippen LogP contribution < -0.4 is 5.32 Å². The minimum atomic E-state index is -0.902. The number of nitrogens with one attached hydrogen (secondary N) is 1. The van der Waals surface area contributed by atoms with Crippen LogP contribution in [0.2, 0.25) is 0 Å². The Labute approximate surface area is 123 Å². The second kappa shape index (κ2) is 6.75. The first-order valence-corrected chi connectivity index (χ1v) is 7.13. The molecule has 0 bridgehead atoms. The Morgan fingerprint density at radius 1 is 1.50 bits per heavy atom. The molecular formula is C15H18N2O2S. The van der Waals surface area contributed by atoms with Gasteiger partial charge >= 0.3 is 5.97 Å². The molecule has 1 aliphatic heterocycles. The van der Waals surface area contributed by atoms with Gasteiger partial charge in [-0.2, -0.15) is 0 Å². The molecule has 4 nitrogen and oxygen atoms in total. The Morgan fingerprint density at radius 3 is 2.90 bits per heavy atom. The summed E-state index contributed by atoms with van der Waals surface area (Å²) in [5.41, 5.74) is 0.128. The van der Waals surface area contributed by atoms with Gasteiger partial charge in [0.1, 0.15) is 5.54 Å². The maximum atomic E-state index is 11.8. The molecule has 1 aliphatic rings. The molecule has 2 atom stereocenters. The average molecular weight is 290 g/mol. The molecular weight excluding hydrogens is 272 g/mol. The number of carboxylic acid groups (broad SMARTS) is 1. The number of benzene rings is 1. The van der Waals surface area contributed by atoms with Gasteiger partial charge in [0.15, 0.2) is 0 Å². The van der Waals surface area contributed by atoms with E-state index in [1.54, 1.807) is 0 Å². The first-order valence-electron chi connectivity index (χ1n) is 6.72. The second-order valence-electron chi connectivity index (χ2n) is 5.27. The van der Waals surface area contributed by atoms with Gasteiger partial charge in [-0.05, 0) is 43.1 Å². The number of hydrogen-bond acceptors (Lipinski definition) is 4. The third-order valence-electron chi connectivity index (χ3n) is 3.83. The second-order valence-corrected chi connectivity index (χ2v) is 5.45. The number of carbonyl (C=O) groups is 1. The largest absolute Gasteiger partial charge is 0.480 e. The van der Waals surface area contributed by atoms with Crippen molar-refractivity contribution >= 4 is 23.3 Å². The molecule has 5 heteroatoms. The van der Waals surface area contributed by atoms with Gasteiger partial charge in [0.05, 0.1) is 11.7 Å². The Hall–Kier alpha value is -1.55. The summed E-state index contributed by atoms with van der Waals surface area (Å²) >= 11 is 4.59. The first-order chi connectivity index (χ1) is 9.66. The van der Waals surface area contributed by atoms with Gasteiger partial charge < -0.3 is 10.4 Å². The molecule has 1 aromatic rings. The molecule has 0 radical (unpaired) electrons. The van der Waals surface area contributed by atoms with Crippen molar-refractivity contribution in [2.75, 3.05) is 13.1 Å². The average Bonchev–Trinajstić information content (AvgIpc) is 2.46. The lowest BCUT2D eigenvalue weighted by Gasteiger charge is -2.38. The van der Waals surface area contributed by atoms with Crippen molar-refractivity contribution in [2.45, 2.75) is 24.8 Å². The van der Waals surface area contributed by atoms with E-state index in [9.17, 15) is 9.90 Å². The standard InChI is InChI=1S/C15H18N2O2S/c18-14(19)15(8-12-4-2-1-3-5-12)9-13(6-7-17-15)10-16-11-20/h1-5,13,17H,6-10H2,(H,18,19). The number of carboxylic acids is 1. The summed E-state index contributed by atoms with van der Waals surface area (Å²) in [7, 11) is 0. The van der Waals surface area contributed by atoms with Crippen LogP contribution in [0, 0.1) is 5.92 Å². The Balaban J connectivity index is 2.16. The highest BCUT2D eigenvalue weighted by atomic mass is 32.1. The molecule has 1 heterocycles. The van der Waals surface area contributed by atoms with Gasteiger partial charge in [-0.25, -0.2) is 4.99 Å². The molecule has 2 N–H and O–H groups in total. The number of thiocarbonyl (C=S) groups is 1. The van der Waals surface area contributed by atoms with Crippen molar-refractivity contribution < 1.29 is 9.90 Å². The molecule has 1 aromatic carbocycles. The molecule has 2 unspecified atom stereocenters. The smallest absolute Gasteiger partial charge is 0.324 e. The molecule has 0 amide bonds. The lowest BCUT2D eigenvalue weighted by atomic mass is 9.78. The number of aliphatic imine (C=N–C) groups is 1. The summed E-state index contributed by atoms with van der Waals surface area (Å²) in [6.07, 6.45) is 1.98. The highest BCUT2D eigenvalue weighted by Crippen LogP contribution is 2.28. The third kappa shape index (κ3) is 3.51. The lowest BCUT2D eigenvalue weighted by Crippen LogP contribution is -2.58. The zero-order chi connectivity index (χ0) is 14.4. The maximum absolute atomic E-state index is 11.8. The van der Waals surface area contributed by atoms with Crippen LogP contribution in [0.25, 0.3) is 0 Å². The van der Waals surface area contributed by atoms with Crippen molar-refractivity contribution in [3.8, 4) is 0 Å². The van der Waals surface area contributed by atoms with E-state index in [-0.39, 0.29) is 5.92 Å². The van der Waals surface area contributed by atoms with Crippen LogP contribution in [0.5, 0.6) is 0 Å². The highest BCUT2D eigenvalue weighted by molar-refractivity contribution is 7.78. The van der Waals surface area contributed by atoms with E-state index in [1.165, 1.54) is 0 Å². The van der Waals surface area contributed by atoms with Crippen LogP contribution in [0.15, 0.2) is 35.3 Å². The third-order valence-corrected chi connectivity index (χ3v) is 3.95. The number of nitrogens with zero attached hydrogens (tertiary/aromatic N) is 1. The Kier molecular flexibility index (Phi) is 5.01. The van der Waals surface area contributed by atoms with Gasteiger partial charge in [0.2, 0.25) is 0 Å². The van der Waals surface area contributed by atoms with Gasteiger partial charge in [0.25, 0.3) is 0 Å². The van der Waals surface area contributed by atoms with Crippen molar-refractivity contribution in [1.82, 2.24) is 5.32 Å². The zero-order valence-corrected chi connectivity index (χ0v) is 12.0. The minimum Gasteiger partial charge on any atom is -0.480 e. The molecule has 106 valence electrons. The summed E-state index contributed by atoms with van der Waals surface area (Å²) in [6.45, 7) is 1.26. The van der Waals surface area contributed by atoms with Gasteiger partial charge in [0, 0.05) is 6.42 Å². The first kappa shape index (κ1) is 14.9. The molecule has 2 rings (SSSR count). The van der Waals surface area contributed by atoms with Crippen LogP contribution in [0.4, 0.5) is 0 Å². The van der Waals surface area contributed by atoms with E-state index in [2.05, 4.69) is 27.7 Å². The van der Waals surface area contributed by atoms with Crippen LogP contribution in [0.3, 0.4) is 0 Å². The zero-order valence-electron chi connectivity index (χ0n) is 11.2. The van der Waals surface area contributed by atoms with Gasteiger partial charge in [-0.3, -0.25) is 4.79 Å². The fraction of sp³-hybridized carbons (Fsp3) is 0.467. The fourth-order valence-corrected chi connectivity index (χ4v) is 2.90. The number of hydrogen-bond donors (Lipinski definition) is 2. The topological polar surface area (TPSA) is 61.7 Å². The minimum absolute atomic E-state index is 0.242. The quantitative estimate of drug-likeness (QED) is 0.644. The molecule has 0 spiro atoms. The number of aliphatic carboxylic acids is 1. The number of isothiocyanates is 1. The molecule has 1 saturated heterocycles. The van der Waals surface area contributed by atoms with Crippen molar-refractivity contribution in [3.63, 3.8) is 0 Å². The van der Waals surface area contributed by atoms with Crippen LogP contribution in [-0.2, 0) is 11.2 Å².